The highest BCUT2D eigenvalue weighted by Gasteiger charge is 2.17. The summed E-state index contributed by atoms with van der Waals surface area (Å²) in [6.07, 6.45) is 0. The summed E-state index contributed by atoms with van der Waals surface area (Å²) in [5, 5.41) is 7.57. The van der Waals surface area contributed by atoms with Crippen molar-refractivity contribution >= 4 is 28.2 Å². The molecule has 0 aliphatic heterocycles. The number of nitrogens with two attached hydrogens (primary N) is 1. The minimum Gasteiger partial charge on any atom is -0.497 e. The van der Waals surface area contributed by atoms with Gasteiger partial charge in [0, 0.05) is 12.1 Å². The lowest BCUT2D eigenvalue weighted by Crippen LogP contribution is -2.20. The monoisotopic (exact) mass is 430 g/mol. The number of hydrogen-bond donors (Lipinski definition) is 2. The van der Waals surface area contributed by atoms with Crippen LogP contribution >= 0.6 is 0 Å². The van der Waals surface area contributed by atoms with Crippen LogP contribution in [0.5, 0.6) is 5.75 Å². The molecule has 2 aromatic heterocycles. The number of rotatable bonds is 5. The maximum atomic E-state index is 14.2. The first-order chi connectivity index (χ1) is 15.6. The van der Waals surface area contributed by atoms with Crippen LogP contribution in [0.4, 0.5) is 15.9 Å². The number of hydrogen-bond acceptors (Lipinski definition) is 6. The van der Waals surface area contributed by atoms with Crippen LogP contribution in [0.1, 0.15) is 5.56 Å². The minimum absolute atomic E-state index is 0.117. The van der Waals surface area contributed by atoms with Gasteiger partial charge in [-0.1, -0.05) is 24.3 Å². The zero-order valence-electron chi connectivity index (χ0n) is 17.1. The van der Waals surface area contributed by atoms with Crippen molar-refractivity contribution in [2.45, 2.75) is 6.54 Å². The van der Waals surface area contributed by atoms with E-state index in [0.29, 0.717) is 33.7 Å². The molecule has 0 radical (unpaired) electrons. The summed E-state index contributed by atoms with van der Waals surface area (Å²) in [7, 11) is 1.53. The average Bonchev–Trinajstić information content (AvgIpc) is 3.17. The predicted octanol–water partition coefficient (Wildman–Crippen LogP) is 3.38. The lowest BCUT2D eigenvalue weighted by Gasteiger charge is -2.12. The molecule has 8 nitrogen and oxygen atoms in total. The second kappa shape index (κ2) is 7.69. The van der Waals surface area contributed by atoms with Gasteiger partial charge in [-0.2, -0.15) is 4.68 Å². The number of halogens is 1. The summed E-state index contributed by atoms with van der Waals surface area (Å²) in [5.41, 5.74) is 8.76. The van der Waals surface area contributed by atoms with Crippen LogP contribution in [0, 0.1) is 5.82 Å². The van der Waals surface area contributed by atoms with E-state index in [9.17, 15) is 9.18 Å². The summed E-state index contributed by atoms with van der Waals surface area (Å²) in [6.45, 7) is 0.194. The molecule has 9 heteroatoms. The number of ether oxygens (including phenoxy) is 1. The Morgan fingerprint density at radius 1 is 1.09 bits per heavy atom. The molecule has 2 heterocycles. The SMILES string of the molecule is COc1ccc(F)c(CNc2cccc3c2nc(N)c2nn(-c4ccccc4)c(=O)n23)c1. The highest BCUT2D eigenvalue weighted by Crippen LogP contribution is 2.26. The molecule has 160 valence electrons. The van der Waals surface area contributed by atoms with Crippen molar-refractivity contribution in [3.05, 3.63) is 88.6 Å². The molecule has 0 atom stereocenters. The van der Waals surface area contributed by atoms with Crippen LogP contribution in [0.25, 0.3) is 22.4 Å². The number of para-hydroxylation sites is 2. The number of anilines is 2. The molecule has 0 aliphatic carbocycles. The van der Waals surface area contributed by atoms with Crippen molar-refractivity contribution in [3.8, 4) is 11.4 Å². The Kier molecular flexibility index (Phi) is 4.70. The molecule has 0 saturated heterocycles. The Bertz CT molecular complexity index is 1510. The average molecular weight is 430 g/mol. The third-order valence-electron chi connectivity index (χ3n) is 5.22. The maximum Gasteiger partial charge on any atom is 0.355 e. The van der Waals surface area contributed by atoms with Crippen LogP contribution in [0.3, 0.4) is 0 Å². The highest BCUT2D eigenvalue weighted by atomic mass is 19.1. The van der Waals surface area contributed by atoms with Crippen molar-refractivity contribution in [1.82, 2.24) is 19.2 Å². The van der Waals surface area contributed by atoms with Gasteiger partial charge in [0.05, 0.1) is 24.0 Å². The normalized spacial score (nSPS) is 11.2. The molecular weight excluding hydrogens is 411 g/mol. The van der Waals surface area contributed by atoms with E-state index in [0.717, 1.165) is 0 Å². The standard InChI is InChI=1S/C23H19FN6O2/c1-32-16-10-11-17(24)14(12-16)13-26-18-8-5-9-19-20(18)27-21(25)22-28-30(23(31)29(19)22)15-6-3-2-4-7-15/h2-12,26H,13H2,1H3,(H2,25,27). The van der Waals surface area contributed by atoms with Gasteiger partial charge in [-0.3, -0.25) is 0 Å². The third-order valence-corrected chi connectivity index (χ3v) is 5.22. The first-order valence-corrected chi connectivity index (χ1v) is 9.88. The second-order valence-corrected chi connectivity index (χ2v) is 7.17. The van der Waals surface area contributed by atoms with Crippen LogP contribution in [0.2, 0.25) is 0 Å². The van der Waals surface area contributed by atoms with Crippen molar-refractivity contribution in [2.75, 3.05) is 18.2 Å². The number of aromatic nitrogens is 4. The molecule has 0 bridgehead atoms. The topological polar surface area (TPSA) is 99.5 Å². The molecule has 32 heavy (non-hydrogen) atoms. The predicted molar refractivity (Wildman–Crippen MR) is 121 cm³/mol. The minimum atomic E-state index is -0.360. The second-order valence-electron chi connectivity index (χ2n) is 7.17. The number of fused-ring (bicyclic) bond motifs is 3. The molecule has 0 unspecified atom stereocenters. The smallest absolute Gasteiger partial charge is 0.355 e. The fourth-order valence-electron chi connectivity index (χ4n) is 3.63. The van der Waals surface area contributed by atoms with Crippen molar-refractivity contribution < 1.29 is 9.13 Å². The summed E-state index contributed by atoms with van der Waals surface area (Å²) in [5.74, 6) is 0.324. The fraction of sp³-hybridized carbons (Fsp3) is 0.0870. The molecule has 0 spiro atoms. The number of nitrogens with zero attached hydrogens (tertiary/aromatic N) is 4. The van der Waals surface area contributed by atoms with E-state index in [4.69, 9.17) is 10.5 Å². The van der Waals surface area contributed by atoms with Crippen LogP contribution < -0.4 is 21.5 Å². The molecule has 5 rings (SSSR count). The van der Waals surface area contributed by atoms with E-state index in [1.807, 2.05) is 18.2 Å². The van der Waals surface area contributed by atoms with E-state index < -0.39 is 0 Å². The summed E-state index contributed by atoms with van der Waals surface area (Å²) >= 11 is 0. The van der Waals surface area contributed by atoms with Gasteiger partial charge >= 0.3 is 5.69 Å². The van der Waals surface area contributed by atoms with Crippen molar-refractivity contribution in [2.24, 2.45) is 0 Å². The maximum absolute atomic E-state index is 14.2. The molecule has 5 aromatic rings. The van der Waals surface area contributed by atoms with Crippen molar-refractivity contribution in [3.63, 3.8) is 0 Å². The van der Waals surface area contributed by atoms with Gasteiger partial charge < -0.3 is 15.8 Å². The van der Waals surface area contributed by atoms with E-state index >= 15 is 0 Å². The van der Waals surface area contributed by atoms with E-state index in [-0.39, 0.29) is 29.5 Å². The lowest BCUT2D eigenvalue weighted by atomic mass is 10.2. The summed E-state index contributed by atoms with van der Waals surface area (Å²) < 4.78 is 22.1. The Hall–Kier alpha value is -4.40. The van der Waals surface area contributed by atoms with Gasteiger partial charge in [-0.25, -0.2) is 18.6 Å². The first kappa shape index (κ1) is 19.6. The number of benzene rings is 3. The van der Waals surface area contributed by atoms with Gasteiger partial charge in [0.25, 0.3) is 0 Å². The van der Waals surface area contributed by atoms with E-state index in [1.165, 1.54) is 22.3 Å². The van der Waals surface area contributed by atoms with Crippen molar-refractivity contribution in [1.29, 1.82) is 0 Å². The Balaban J connectivity index is 1.62. The van der Waals surface area contributed by atoms with Gasteiger partial charge in [0.2, 0.25) is 5.65 Å². The molecule has 0 fully saturated rings. The number of nitrogen functional groups attached to an aromatic ring is 1. The Morgan fingerprint density at radius 2 is 1.91 bits per heavy atom. The summed E-state index contributed by atoms with van der Waals surface area (Å²) in [6, 6.07) is 19.0. The Labute approximate surface area is 181 Å². The Morgan fingerprint density at radius 3 is 2.69 bits per heavy atom. The summed E-state index contributed by atoms with van der Waals surface area (Å²) in [4.78, 5) is 17.7. The zero-order chi connectivity index (χ0) is 22.2. The third kappa shape index (κ3) is 3.20. The molecule has 3 N–H and O–H groups in total. The molecular formula is C23H19FN6O2. The van der Waals surface area contributed by atoms with Crippen LogP contribution in [-0.2, 0) is 6.54 Å². The molecule has 0 amide bonds. The molecule has 3 aromatic carbocycles. The molecule has 0 saturated carbocycles. The first-order valence-electron chi connectivity index (χ1n) is 9.88. The number of methoxy groups -OCH3 is 1. The highest BCUT2D eigenvalue weighted by molar-refractivity contribution is 5.91. The largest absolute Gasteiger partial charge is 0.497 e. The van der Waals surface area contributed by atoms with Crippen LogP contribution in [0.15, 0.2) is 71.5 Å². The van der Waals surface area contributed by atoms with E-state index in [2.05, 4.69) is 15.4 Å². The fourth-order valence-corrected chi connectivity index (χ4v) is 3.63. The van der Waals surface area contributed by atoms with Gasteiger partial charge in [-0.05, 0) is 42.5 Å². The van der Waals surface area contributed by atoms with Gasteiger partial charge in [0.1, 0.15) is 17.1 Å². The quantitative estimate of drug-likeness (QED) is 0.444. The zero-order valence-corrected chi connectivity index (χ0v) is 17.1. The number of nitrogens with one attached hydrogen (secondary N) is 1. The van der Waals surface area contributed by atoms with Gasteiger partial charge in [-0.15, -0.1) is 5.10 Å². The van der Waals surface area contributed by atoms with Crippen LogP contribution in [-0.4, -0.2) is 26.3 Å². The molecule has 0 aliphatic rings. The lowest BCUT2D eigenvalue weighted by molar-refractivity contribution is 0.413. The van der Waals surface area contributed by atoms with E-state index in [1.54, 1.807) is 42.5 Å². The van der Waals surface area contributed by atoms with Gasteiger partial charge in [0.15, 0.2) is 5.82 Å².